The van der Waals surface area contributed by atoms with E-state index in [2.05, 4.69) is 28.5 Å². The van der Waals surface area contributed by atoms with E-state index in [1.807, 2.05) is 18.2 Å². The van der Waals surface area contributed by atoms with Crippen LogP contribution < -0.4 is 0 Å². The molecule has 158 valence electrons. The van der Waals surface area contributed by atoms with Crippen molar-refractivity contribution >= 4 is 0 Å². The number of aromatic nitrogens is 2. The Balaban J connectivity index is 1.70. The molecule has 0 radical (unpaired) electrons. The maximum Gasteiger partial charge on any atom is 0.416 e. The minimum Gasteiger partial charge on any atom is -0.324 e. The van der Waals surface area contributed by atoms with Crippen LogP contribution >= 0.6 is 0 Å². The van der Waals surface area contributed by atoms with Gasteiger partial charge in [0.25, 0.3) is 0 Å². The summed E-state index contributed by atoms with van der Waals surface area (Å²) in [6, 6.07) is 15.4. The molecule has 30 heavy (non-hydrogen) atoms. The van der Waals surface area contributed by atoms with E-state index < -0.39 is 11.7 Å². The highest BCUT2D eigenvalue weighted by Gasteiger charge is 2.30. The van der Waals surface area contributed by atoms with Crippen molar-refractivity contribution in [3.63, 3.8) is 0 Å². The second-order valence-electron chi connectivity index (χ2n) is 7.95. The second kappa shape index (κ2) is 8.64. The van der Waals surface area contributed by atoms with E-state index in [-0.39, 0.29) is 0 Å². The molecule has 1 aromatic heterocycles. The van der Waals surface area contributed by atoms with Crippen molar-refractivity contribution in [2.45, 2.75) is 45.5 Å². The molecule has 6 heteroatoms. The second-order valence-corrected chi connectivity index (χ2v) is 7.95. The first-order valence-electron chi connectivity index (χ1n) is 10.4. The van der Waals surface area contributed by atoms with Gasteiger partial charge in [0.1, 0.15) is 5.82 Å². The van der Waals surface area contributed by atoms with Gasteiger partial charge in [0, 0.05) is 24.3 Å². The molecule has 0 spiro atoms. The van der Waals surface area contributed by atoms with Crippen LogP contribution in [0.4, 0.5) is 13.2 Å². The Labute approximate surface area is 175 Å². The summed E-state index contributed by atoms with van der Waals surface area (Å²) in [6.45, 7) is 5.61. The van der Waals surface area contributed by atoms with E-state index in [0.29, 0.717) is 12.1 Å². The molecule has 4 rings (SSSR count). The van der Waals surface area contributed by atoms with Crippen molar-refractivity contribution in [2.75, 3.05) is 13.1 Å². The molecule has 3 nitrogen and oxygen atoms in total. The predicted molar refractivity (Wildman–Crippen MR) is 112 cm³/mol. The smallest absolute Gasteiger partial charge is 0.324 e. The van der Waals surface area contributed by atoms with Crippen LogP contribution in [0.3, 0.4) is 0 Å². The molecule has 2 heterocycles. The highest BCUT2D eigenvalue weighted by atomic mass is 19.4. The van der Waals surface area contributed by atoms with Crippen LogP contribution in [0.2, 0.25) is 0 Å². The molecule has 1 fully saturated rings. The third kappa shape index (κ3) is 4.59. The van der Waals surface area contributed by atoms with Crippen LogP contribution in [0.15, 0.2) is 54.6 Å². The summed E-state index contributed by atoms with van der Waals surface area (Å²) in [4.78, 5) is 7.32. The van der Waals surface area contributed by atoms with E-state index >= 15 is 0 Å². The third-order valence-corrected chi connectivity index (χ3v) is 5.80. The first kappa shape index (κ1) is 20.7. The molecule has 2 aromatic carbocycles. The van der Waals surface area contributed by atoms with Gasteiger partial charge in [0.2, 0.25) is 0 Å². The van der Waals surface area contributed by atoms with Gasteiger partial charge in [0.05, 0.1) is 11.3 Å². The van der Waals surface area contributed by atoms with Crippen molar-refractivity contribution in [1.82, 2.24) is 14.5 Å². The largest absolute Gasteiger partial charge is 0.416 e. The van der Waals surface area contributed by atoms with Crippen molar-refractivity contribution in [3.05, 3.63) is 77.1 Å². The number of imidazole rings is 1. The van der Waals surface area contributed by atoms with Crippen molar-refractivity contribution < 1.29 is 13.2 Å². The molecule has 0 aliphatic carbocycles. The molecule has 0 atom stereocenters. The first-order valence-corrected chi connectivity index (χ1v) is 10.4. The van der Waals surface area contributed by atoms with Gasteiger partial charge in [-0.25, -0.2) is 4.98 Å². The highest BCUT2D eigenvalue weighted by molar-refractivity contribution is 5.58. The Morgan fingerprint density at radius 3 is 2.17 bits per heavy atom. The molecule has 0 N–H and O–H groups in total. The van der Waals surface area contributed by atoms with Crippen molar-refractivity contribution in [1.29, 1.82) is 0 Å². The number of rotatable bonds is 5. The van der Waals surface area contributed by atoms with Crippen molar-refractivity contribution in [2.24, 2.45) is 0 Å². The number of likely N-dealkylation sites (tertiary alicyclic amines) is 1. The van der Waals surface area contributed by atoms with E-state index in [1.165, 1.54) is 31.4 Å². The maximum absolute atomic E-state index is 13.0. The molecule has 3 aromatic rings. The summed E-state index contributed by atoms with van der Waals surface area (Å²) in [7, 11) is 0. The number of alkyl halides is 3. The van der Waals surface area contributed by atoms with Gasteiger partial charge in [-0.05, 0) is 50.6 Å². The average molecular weight is 413 g/mol. The minimum absolute atomic E-state index is 0.635. The highest BCUT2D eigenvalue weighted by Crippen LogP contribution is 2.32. The molecule has 0 amide bonds. The van der Waals surface area contributed by atoms with Crippen molar-refractivity contribution in [3.8, 4) is 11.4 Å². The lowest BCUT2D eigenvalue weighted by Gasteiger charge is -2.25. The van der Waals surface area contributed by atoms with Gasteiger partial charge in [-0.2, -0.15) is 13.2 Å². The fraction of sp³-hybridized carbons (Fsp3) is 0.375. The molecule has 0 unspecified atom stereocenters. The number of halogens is 3. The average Bonchev–Trinajstić information content (AvgIpc) is 3.04. The molecule has 0 saturated carbocycles. The zero-order valence-electron chi connectivity index (χ0n) is 17.1. The summed E-state index contributed by atoms with van der Waals surface area (Å²) in [5.74, 6) is 0.720. The zero-order valence-corrected chi connectivity index (χ0v) is 17.1. The lowest BCUT2D eigenvalue weighted by molar-refractivity contribution is -0.137. The van der Waals surface area contributed by atoms with Gasteiger partial charge in [-0.1, -0.05) is 48.9 Å². The Kier molecular flexibility index (Phi) is 5.95. The van der Waals surface area contributed by atoms with E-state index in [1.54, 1.807) is 0 Å². The minimum atomic E-state index is -4.34. The fourth-order valence-corrected chi connectivity index (χ4v) is 4.05. The number of hydrogen-bond acceptors (Lipinski definition) is 2. The van der Waals surface area contributed by atoms with E-state index in [9.17, 15) is 13.2 Å². The van der Waals surface area contributed by atoms with Crippen LogP contribution in [0.25, 0.3) is 11.4 Å². The Morgan fingerprint density at radius 1 is 0.867 bits per heavy atom. The molecule has 1 saturated heterocycles. The summed E-state index contributed by atoms with van der Waals surface area (Å²) in [5, 5.41) is 0. The molecular formula is C24H26F3N3. The quantitative estimate of drug-likeness (QED) is 0.518. The summed E-state index contributed by atoms with van der Waals surface area (Å²) < 4.78 is 41.1. The summed E-state index contributed by atoms with van der Waals surface area (Å²) in [6.07, 6.45) is -0.660. The molecular weight excluding hydrogens is 387 g/mol. The van der Waals surface area contributed by atoms with Gasteiger partial charge in [-0.15, -0.1) is 0 Å². The molecule has 1 aliphatic heterocycles. The van der Waals surface area contributed by atoms with Gasteiger partial charge in [0.15, 0.2) is 0 Å². The van der Waals surface area contributed by atoms with Crippen LogP contribution in [0.5, 0.6) is 0 Å². The zero-order chi connectivity index (χ0) is 21.1. The number of benzene rings is 2. The van der Waals surface area contributed by atoms with Crippen LogP contribution in [0.1, 0.15) is 41.8 Å². The van der Waals surface area contributed by atoms with Crippen LogP contribution in [0, 0.1) is 6.92 Å². The topological polar surface area (TPSA) is 21.1 Å². The Hall–Kier alpha value is -2.60. The SMILES string of the molecule is Cc1c(CN2CCCCC2)nc(-c2ccc(C(F)(F)F)cc2)n1Cc1ccccc1. The van der Waals surface area contributed by atoms with Crippen LogP contribution in [-0.4, -0.2) is 27.5 Å². The number of piperidine rings is 1. The monoisotopic (exact) mass is 413 g/mol. The number of hydrogen-bond donors (Lipinski definition) is 0. The maximum atomic E-state index is 13.0. The summed E-state index contributed by atoms with van der Waals surface area (Å²) in [5.41, 5.74) is 3.27. The Morgan fingerprint density at radius 2 is 1.53 bits per heavy atom. The predicted octanol–water partition coefficient (Wildman–Crippen LogP) is 5.91. The van der Waals surface area contributed by atoms with Crippen LogP contribution in [-0.2, 0) is 19.3 Å². The third-order valence-electron chi connectivity index (χ3n) is 5.80. The lowest BCUT2D eigenvalue weighted by atomic mass is 10.1. The fourth-order valence-electron chi connectivity index (χ4n) is 4.05. The number of nitrogens with zero attached hydrogens (tertiary/aromatic N) is 3. The van der Waals surface area contributed by atoms with Gasteiger partial charge >= 0.3 is 6.18 Å². The van der Waals surface area contributed by atoms with Gasteiger partial charge < -0.3 is 4.57 Å². The normalized spacial score (nSPS) is 15.5. The van der Waals surface area contributed by atoms with E-state index in [0.717, 1.165) is 54.5 Å². The summed E-state index contributed by atoms with van der Waals surface area (Å²) >= 11 is 0. The van der Waals surface area contributed by atoms with Gasteiger partial charge in [-0.3, -0.25) is 4.90 Å². The molecule has 0 bridgehead atoms. The first-order chi connectivity index (χ1) is 14.4. The Bertz CT molecular complexity index is 969. The standard InChI is InChI=1S/C24H26F3N3/c1-18-22(17-29-14-6-3-7-15-29)28-23(30(18)16-19-8-4-2-5-9-19)20-10-12-21(13-11-20)24(25,26)27/h2,4-5,8-13H,3,6-7,14-17H2,1H3. The lowest BCUT2D eigenvalue weighted by Crippen LogP contribution is -2.29. The molecule has 1 aliphatic rings. The van der Waals surface area contributed by atoms with E-state index in [4.69, 9.17) is 4.98 Å².